The molecule has 2 aromatic heterocycles. The van der Waals surface area contributed by atoms with Crippen LogP contribution < -0.4 is 5.73 Å². The summed E-state index contributed by atoms with van der Waals surface area (Å²) in [5, 5.41) is 9.45. The van der Waals surface area contributed by atoms with E-state index in [9.17, 15) is 9.90 Å². The number of aromatic hydroxyl groups is 1. The molecule has 6 heteroatoms. The second-order valence-corrected chi connectivity index (χ2v) is 4.06. The molecule has 0 unspecified atom stereocenters. The number of fused-ring (bicyclic) bond motifs is 1. The molecule has 0 atom stereocenters. The van der Waals surface area contributed by atoms with E-state index in [0.717, 1.165) is 5.56 Å². The normalized spacial score (nSPS) is 10.7. The summed E-state index contributed by atoms with van der Waals surface area (Å²) in [6.07, 6.45) is 3.43. The molecule has 0 saturated heterocycles. The van der Waals surface area contributed by atoms with Gasteiger partial charge in [-0.2, -0.15) is 0 Å². The van der Waals surface area contributed by atoms with Crippen molar-refractivity contribution < 1.29 is 9.90 Å². The zero-order valence-electron chi connectivity index (χ0n) is 9.82. The molecule has 3 aromatic rings. The molecule has 2 heterocycles. The van der Waals surface area contributed by atoms with E-state index in [-0.39, 0.29) is 11.4 Å². The van der Waals surface area contributed by atoms with Crippen molar-refractivity contribution in [1.29, 1.82) is 0 Å². The monoisotopic (exact) mass is 254 g/mol. The van der Waals surface area contributed by atoms with E-state index in [1.807, 2.05) is 6.07 Å². The van der Waals surface area contributed by atoms with Gasteiger partial charge in [0.1, 0.15) is 11.4 Å². The van der Waals surface area contributed by atoms with Gasteiger partial charge < -0.3 is 10.8 Å². The second kappa shape index (κ2) is 4.09. The van der Waals surface area contributed by atoms with Gasteiger partial charge >= 0.3 is 0 Å². The quantitative estimate of drug-likeness (QED) is 0.718. The number of primary amides is 1. The minimum Gasteiger partial charge on any atom is -0.508 e. The topological polar surface area (TPSA) is 93.5 Å². The van der Waals surface area contributed by atoms with Gasteiger partial charge in [0.15, 0.2) is 0 Å². The van der Waals surface area contributed by atoms with Crippen molar-refractivity contribution in [3.05, 3.63) is 48.4 Å². The van der Waals surface area contributed by atoms with E-state index in [1.54, 1.807) is 35.0 Å². The molecule has 0 aliphatic rings. The lowest BCUT2D eigenvalue weighted by Gasteiger charge is -1.95. The smallest absolute Gasteiger partial charge is 0.267 e. The Labute approximate surface area is 108 Å². The van der Waals surface area contributed by atoms with Crippen LogP contribution in [-0.2, 0) is 0 Å². The van der Waals surface area contributed by atoms with Crippen LogP contribution in [0.5, 0.6) is 5.75 Å². The third kappa shape index (κ3) is 1.99. The lowest BCUT2D eigenvalue weighted by molar-refractivity contribution is 0.0995. The van der Waals surface area contributed by atoms with Gasteiger partial charge in [0.05, 0.1) is 5.69 Å². The Morgan fingerprint density at radius 2 is 2.11 bits per heavy atom. The van der Waals surface area contributed by atoms with Crippen LogP contribution in [-0.4, -0.2) is 25.4 Å². The number of imidazole rings is 1. The molecule has 3 rings (SSSR count). The van der Waals surface area contributed by atoms with Gasteiger partial charge in [-0.3, -0.25) is 9.20 Å². The summed E-state index contributed by atoms with van der Waals surface area (Å²) >= 11 is 0. The summed E-state index contributed by atoms with van der Waals surface area (Å²) in [6, 6.07) is 8.29. The van der Waals surface area contributed by atoms with Gasteiger partial charge in [-0.25, -0.2) is 9.97 Å². The molecule has 19 heavy (non-hydrogen) atoms. The number of phenols is 1. The summed E-state index contributed by atoms with van der Waals surface area (Å²) in [4.78, 5) is 19.4. The van der Waals surface area contributed by atoms with Crippen LogP contribution in [0.2, 0.25) is 0 Å². The summed E-state index contributed by atoms with van der Waals surface area (Å²) < 4.78 is 1.69. The van der Waals surface area contributed by atoms with E-state index in [2.05, 4.69) is 9.97 Å². The fraction of sp³-hybridized carbons (Fsp3) is 0. The van der Waals surface area contributed by atoms with Crippen LogP contribution in [0.25, 0.3) is 17.0 Å². The first-order valence-corrected chi connectivity index (χ1v) is 5.58. The minimum absolute atomic E-state index is 0.167. The molecule has 0 radical (unpaired) electrons. The maximum absolute atomic E-state index is 11.1. The predicted molar refractivity (Wildman–Crippen MR) is 68.6 cm³/mol. The highest BCUT2D eigenvalue weighted by molar-refractivity contribution is 5.91. The number of nitrogens with zero attached hydrogens (tertiary/aromatic N) is 3. The van der Waals surface area contributed by atoms with Crippen LogP contribution in [0.4, 0.5) is 0 Å². The molecule has 0 spiro atoms. The number of nitrogens with two attached hydrogens (primary N) is 1. The van der Waals surface area contributed by atoms with E-state index < -0.39 is 5.91 Å². The SMILES string of the molecule is NC(=O)c1ccn2cc(-c3cccc(O)c3)nc2n1. The van der Waals surface area contributed by atoms with Crippen molar-refractivity contribution in [1.82, 2.24) is 14.4 Å². The molecule has 3 N–H and O–H groups in total. The molecular weight excluding hydrogens is 244 g/mol. The number of carbonyl (C=O) groups is 1. The van der Waals surface area contributed by atoms with Crippen molar-refractivity contribution in [3.8, 4) is 17.0 Å². The first-order valence-electron chi connectivity index (χ1n) is 5.58. The second-order valence-electron chi connectivity index (χ2n) is 4.06. The number of carbonyl (C=O) groups excluding carboxylic acids is 1. The molecule has 0 bridgehead atoms. The van der Waals surface area contributed by atoms with E-state index >= 15 is 0 Å². The molecule has 0 fully saturated rings. The molecule has 0 aliphatic heterocycles. The predicted octanol–water partition coefficient (Wildman–Crippen LogP) is 1.20. The Morgan fingerprint density at radius 1 is 1.26 bits per heavy atom. The minimum atomic E-state index is -0.593. The summed E-state index contributed by atoms with van der Waals surface area (Å²) in [5.74, 6) is -0.0422. The Morgan fingerprint density at radius 3 is 2.84 bits per heavy atom. The van der Waals surface area contributed by atoms with Crippen LogP contribution in [0.3, 0.4) is 0 Å². The Hall–Kier alpha value is -2.89. The number of amides is 1. The average molecular weight is 254 g/mol. The zero-order chi connectivity index (χ0) is 13.4. The summed E-state index contributed by atoms with van der Waals surface area (Å²) in [5.41, 5.74) is 6.77. The zero-order valence-corrected chi connectivity index (χ0v) is 9.82. The number of hydrogen-bond donors (Lipinski definition) is 2. The number of aromatic nitrogens is 3. The molecule has 1 aromatic carbocycles. The maximum Gasteiger partial charge on any atom is 0.267 e. The molecule has 94 valence electrons. The molecular formula is C13H10N4O2. The third-order valence-electron chi connectivity index (χ3n) is 2.72. The molecule has 0 saturated carbocycles. The van der Waals surface area contributed by atoms with E-state index in [0.29, 0.717) is 11.5 Å². The standard InChI is InChI=1S/C13H10N4O2/c14-12(19)10-4-5-17-7-11(16-13(17)15-10)8-2-1-3-9(18)6-8/h1-7,18H,(H2,14,19). The average Bonchev–Trinajstić information content (AvgIpc) is 2.81. The van der Waals surface area contributed by atoms with Gasteiger partial charge in [0.25, 0.3) is 5.91 Å². The fourth-order valence-corrected chi connectivity index (χ4v) is 1.81. The Bertz CT molecular complexity index is 779. The Kier molecular flexibility index (Phi) is 2.42. The van der Waals surface area contributed by atoms with Crippen molar-refractivity contribution in [3.63, 3.8) is 0 Å². The highest BCUT2D eigenvalue weighted by atomic mass is 16.3. The van der Waals surface area contributed by atoms with Crippen molar-refractivity contribution in [2.45, 2.75) is 0 Å². The largest absolute Gasteiger partial charge is 0.508 e. The molecule has 0 aliphatic carbocycles. The van der Waals surface area contributed by atoms with Crippen molar-refractivity contribution in [2.75, 3.05) is 0 Å². The summed E-state index contributed by atoms with van der Waals surface area (Å²) in [7, 11) is 0. The van der Waals surface area contributed by atoms with Gasteiger partial charge in [-0.05, 0) is 18.2 Å². The maximum atomic E-state index is 11.1. The van der Waals surface area contributed by atoms with Crippen molar-refractivity contribution >= 4 is 11.7 Å². The van der Waals surface area contributed by atoms with Crippen LogP contribution in [0, 0.1) is 0 Å². The number of hydrogen-bond acceptors (Lipinski definition) is 4. The third-order valence-corrected chi connectivity index (χ3v) is 2.72. The van der Waals surface area contributed by atoms with Crippen LogP contribution in [0.1, 0.15) is 10.5 Å². The van der Waals surface area contributed by atoms with Gasteiger partial charge in [-0.15, -0.1) is 0 Å². The number of rotatable bonds is 2. The van der Waals surface area contributed by atoms with Crippen LogP contribution >= 0.6 is 0 Å². The molecule has 1 amide bonds. The number of phenolic OH excluding ortho intramolecular Hbond substituents is 1. The lowest BCUT2D eigenvalue weighted by Crippen LogP contribution is -2.13. The van der Waals surface area contributed by atoms with Crippen LogP contribution in [0.15, 0.2) is 42.7 Å². The Balaban J connectivity index is 2.14. The first kappa shape index (κ1) is 11.2. The van der Waals surface area contributed by atoms with Gasteiger partial charge in [0.2, 0.25) is 5.78 Å². The van der Waals surface area contributed by atoms with E-state index in [1.165, 1.54) is 6.07 Å². The van der Waals surface area contributed by atoms with Crippen molar-refractivity contribution in [2.24, 2.45) is 5.73 Å². The molecule has 6 nitrogen and oxygen atoms in total. The highest BCUT2D eigenvalue weighted by Gasteiger charge is 2.08. The lowest BCUT2D eigenvalue weighted by atomic mass is 10.2. The number of benzene rings is 1. The summed E-state index contributed by atoms with van der Waals surface area (Å²) in [6.45, 7) is 0. The first-order chi connectivity index (χ1) is 9.13. The van der Waals surface area contributed by atoms with E-state index in [4.69, 9.17) is 5.73 Å². The van der Waals surface area contributed by atoms with Gasteiger partial charge in [0, 0.05) is 18.0 Å². The fourth-order valence-electron chi connectivity index (χ4n) is 1.81. The van der Waals surface area contributed by atoms with Gasteiger partial charge in [-0.1, -0.05) is 12.1 Å². The highest BCUT2D eigenvalue weighted by Crippen LogP contribution is 2.22.